The molecule has 3 rings (SSSR count). The van der Waals surface area contributed by atoms with Crippen molar-refractivity contribution in [2.45, 2.75) is 27.2 Å². The summed E-state index contributed by atoms with van der Waals surface area (Å²) in [6.45, 7) is 5.00. The maximum atomic E-state index is 12.4. The molecule has 0 amide bonds. The molecule has 0 aromatic heterocycles. The lowest BCUT2D eigenvalue weighted by Gasteiger charge is -2.18. The number of hydrogen-bond acceptors (Lipinski definition) is 6. The van der Waals surface area contributed by atoms with Crippen LogP contribution in [0, 0.1) is 0 Å². The minimum absolute atomic E-state index is 0.0453. The minimum atomic E-state index is -1.09. The van der Waals surface area contributed by atoms with Crippen LogP contribution in [0.4, 0.5) is 0 Å². The molecule has 1 aromatic carbocycles. The van der Waals surface area contributed by atoms with E-state index in [9.17, 15) is 19.2 Å². The van der Waals surface area contributed by atoms with Crippen LogP contribution in [0.3, 0.4) is 0 Å². The predicted molar refractivity (Wildman–Crippen MR) is 97.3 cm³/mol. The lowest BCUT2D eigenvalue weighted by molar-refractivity contribution is -0.146. The Kier molecular flexibility index (Phi) is 4.90. The zero-order valence-corrected chi connectivity index (χ0v) is 15.3. The Balaban J connectivity index is 1.73. The monoisotopic (exact) mass is 366 g/mol. The summed E-state index contributed by atoms with van der Waals surface area (Å²) in [6, 6.07) is 4.80. The van der Waals surface area contributed by atoms with E-state index in [1.54, 1.807) is 19.1 Å². The molecular formula is C21H18O6. The average molecular weight is 366 g/mol. The highest BCUT2D eigenvalue weighted by molar-refractivity contribution is 6.37. The van der Waals surface area contributed by atoms with Gasteiger partial charge in [0.2, 0.25) is 5.78 Å². The minimum Gasteiger partial charge on any atom is -0.489 e. The number of rotatable bonds is 4. The SMILES string of the molecule is CC1=C(C)C(=O)C(CC(=O)C(=O)Oc2ccc3c(c2)OCC=C3)=C(C)C1=O. The van der Waals surface area contributed by atoms with E-state index in [0.717, 1.165) is 5.56 Å². The van der Waals surface area contributed by atoms with Gasteiger partial charge in [0.15, 0.2) is 11.6 Å². The van der Waals surface area contributed by atoms with Gasteiger partial charge in [0.1, 0.15) is 18.1 Å². The molecule has 0 radical (unpaired) electrons. The van der Waals surface area contributed by atoms with Gasteiger partial charge >= 0.3 is 5.97 Å². The van der Waals surface area contributed by atoms with E-state index < -0.39 is 18.2 Å². The van der Waals surface area contributed by atoms with Crippen LogP contribution in [-0.4, -0.2) is 29.9 Å². The third-order valence-electron chi connectivity index (χ3n) is 4.70. The summed E-state index contributed by atoms with van der Waals surface area (Å²) in [5.41, 5.74) is 1.74. The van der Waals surface area contributed by atoms with Crippen molar-refractivity contribution < 1.29 is 28.7 Å². The number of hydrogen-bond donors (Lipinski definition) is 0. The van der Waals surface area contributed by atoms with Crippen LogP contribution >= 0.6 is 0 Å². The number of ether oxygens (including phenoxy) is 2. The maximum absolute atomic E-state index is 12.4. The molecule has 0 saturated carbocycles. The first-order valence-electron chi connectivity index (χ1n) is 8.44. The molecule has 6 heteroatoms. The Bertz CT molecular complexity index is 974. The number of esters is 1. The van der Waals surface area contributed by atoms with Gasteiger partial charge in [-0.3, -0.25) is 14.4 Å². The van der Waals surface area contributed by atoms with Crippen LogP contribution in [0.15, 0.2) is 46.6 Å². The Morgan fingerprint density at radius 2 is 1.74 bits per heavy atom. The summed E-state index contributed by atoms with van der Waals surface area (Å²) in [7, 11) is 0. The number of fused-ring (bicyclic) bond motifs is 1. The first-order chi connectivity index (χ1) is 12.8. The molecular weight excluding hydrogens is 348 g/mol. The zero-order valence-electron chi connectivity index (χ0n) is 15.3. The topological polar surface area (TPSA) is 86.7 Å². The fourth-order valence-corrected chi connectivity index (χ4v) is 2.92. The number of carbonyl (C=O) groups is 4. The number of Topliss-reactive ketones (excluding diaryl/α,β-unsaturated/α-hetero) is 3. The average Bonchev–Trinajstić information content (AvgIpc) is 2.67. The quantitative estimate of drug-likeness (QED) is 0.352. The van der Waals surface area contributed by atoms with Crippen LogP contribution < -0.4 is 9.47 Å². The number of ketones is 3. The van der Waals surface area contributed by atoms with Crippen molar-refractivity contribution in [2.24, 2.45) is 0 Å². The van der Waals surface area contributed by atoms with Crippen molar-refractivity contribution in [1.29, 1.82) is 0 Å². The normalized spacial score (nSPS) is 16.3. The number of allylic oxidation sites excluding steroid dienone is 4. The van der Waals surface area contributed by atoms with Crippen LogP contribution in [-0.2, 0) is 19.2 Å². The van der Waals surface area contributed by atoms with E-state index in [1.807, 2.05) is 12.2 Å². The van der Waals surface area contributed by atoms with Crippen molar-refractivity contribution in [3.63, 3.8) is 0 Å². The third-order valence-corrected chi connectivity index (χ3v) is 4.70. The molecule has 0 N–H and O–H groups in total. The van der Waals surface area contributed by atoms with Gasteiger partial charge in [0.05, 0.1) is 0 Å². The largest absolute Gasteiger partial charge is 0.489 e. The first-order valence-corrected chi connectivity index (χ1v) is 8.44. The van der Waals surface area contributed by atoms with Gasteiger partial charge in [-0.1, -0.05) is 6.08 Å². The molecule has 0 fully saturated rings. The van der Waals surface area contributed by atoms with Crippen molar-refractivity contribution in [2.75, 3.05) is 6.61 Å². The summed E-state index contributed by atoms with van der Waals surface area (Å²) in [6.07, 6.45) is 3.27. The molecule has 0 atom stereocenters. The van der Waals surface area contributed by atoms with E-state index in [2.05, 4.69) is 0 Å². The maximum Gasteiger partial charge on any atom is 0.380 e. The second-order valence-corrected chi connectivity index (χ2v) is 6.41. The fourth-order valence-electron chi connectivity index (χ4n) is 2.92. The second kappa shape index (κ2) is 7.15. The van der Waals surface area contributed by atoms with E-state index in [0.29, 0.717) is 23.5 Å². The van der Waals surface area contributed by atoms with Crippen LogP contribution in [0.1, 0.15) is 32.8 Å². The number of carbonyl (C=O) groups excluding carboxylic acids is 4. The van der Waals surface area contributed by atoms with E-state index in [4.69, 9.17) is 9.47 Å². The van der Waals surface area contributed by atoms with E-state index >= 15 is 0 Å². The summed E-state index contributed by atoms with van der Waals surface area (Å²) >= 11 is 0. The molecule has 0 unspecified atom stereocenters. The van der Waals surface area contributed by atoms with Gasteiger partial charge in [0, 0.05) is 40.3 Å². The Hall–Kier alpha value is -3.28. The van der Waals surface area contributed by atoms with Gasteiger partial charge in [-0.25, -0.2) is 4.79 Å². The van der Waals surface area contributed by atoms with Crippen molar-refractivity contribution in [3.05, 3.63) is 52.1 Å². The van der Waals surface area contributed by atoms with Crippen LogP contribution in [0.5, 0.6) is 11.5 Å². The van der Waals surface area contributed by atoms with Crippen LogP contribution in [0.25, 0.3) is 6.08 Å². The molecule has 0 saturated heterocycles. The van der Waals surface area contributed by atoms with Crippen molar-refractivity contribution >= 4 is 29.4 Å². The Labute approximate surface area is 156 Å². The van der Waals surface area contributed by atoms with E-state index in [1.165, 1.54) is 19.9 Å². The van der Waals surface area contributed by atoms with Gasteiger partial charge in [0.25, 0.3) is 0 Å². The predicted octanol–water partition coefficient (Wildman–Crippen LogP) is 2.76. The number of benzene rings is 1. The van der Waals surface area contributed by atoms with Gasteiger partial charge in [-0.05, 0) is 39.0 Å². The molecule has 0 spiro atoms. The highest BCUT2D eigenvalue weighted by Crippen LogP contribution is 2.29. The van der Waals surface area contributed by atoms with Gasteiger partial charge in [-0.2, -0.15) is 0 Å². The summed E-state index contributed by atoms with van der Waals surface area (Å²) in [5.74, 6) is -1.94. The fraction of sp³-hybridized carbons (Fsp3) is 0.238. The Morgan fingerprint density at radius 3 is 2.48 bits per heavy atom. The van der Waals surface area contributed by atoms with Crippen molar-refractivity contribution in [3.8, 4) is 11.5 Å². The van der Waals surface area contributed by atoms with Crippen LogP contribution in [0.2, 0.25) is 0 Å². The molecule has 1 aromatic rings. The highest BCUT2D eigenvalue weighted by atomic mass is 16.5. The molecule has 1 aliphatic carbocycles. The molecule has 1 heterocycles. The summed E-state index contributed by atoms with van der Waals surface area (Å²) in [5, 5.41) is 0. The zero-order chi connectivity index (χ0) is 19.7. The lowest BCUT2D eigenvalue weighted by atomic mass is 9.84. The lowest BCUT2D eigenvalue weighted by Crippen LogP contribution is -2.26. The third kappa shape index (κ3) is 3.51. The highest BCUT2D eigenvalue weighted by Gasteiger charge is 2.31. The standard InChI is InChI=1S/C21H18O6/c1-11-12(2)20(24)16(13(3)19(11)23)10-17(22)21(25)27-15-7-6-14-5-4-8-26-18(14)9-15/h4-7,9H,8,10H2,1-3H3. The smallest absolute Gasteiger partial charge is 0.380 e. The van der Waals surface area contributed by atoms with Gasteiger partial charge < -0.3 is 9.47 Å². The van der Waals surface area contributed by atoms with E-state index in [-0.39, 0.29) is 28.5 Å². The summed E-state index contributed by atoms with van der Waals surface area (Å²) < 4.78 is 10.5. The van der Waals surface area contributed by atoms with Gasteiger partial charge in [-0.15, -0.1) is 0 Å². The molecule has 6 nitrogen and oxygen atoms in total. The Morgan fingerprint density at radius 1 is 1.04 bits per heavy atom. The molecule has 0 bridgehead atoms. The second-order valence-electron chi connectivity index (χ2n) is 6.41. The summed E-state index contributed by atoms with van der Waals surface area (Å²) in [4.78, 5) is 48.9. The molecule has 2 aliphatic rings. The molecule has 27 heavy (non-hydrogen) atoms. The van der Waals surface area contributed by atoms with Crippen molar-refractivity contribution in [1.82, 2.24) is 0 Å². The first kappa shape index (κ1) is 18.5. The molecule has 138 valence electrons. The molecule has 1 aliphatic heterocycles.